The highest BCUT2D eigenvalue weighted by atomic mass is 79.9. The Morgan fingerprint density at radius 1 is 1.67 bits per heavy atom. The van der Waals surface area contributed by atoms with Gasteiger partial charge in [0.15, 0.2) is 0 Å². The molecular formula is C10H11BrFNO2. The first-order chi connectivity index (χ1) is 7.04. The standard InChI is InChI=1S/C10H11BrFNO2/c1-15-10(14)5-9(13)7-4-6(12)2-3-8(7)11/h2-4,9H,5,13H2,1H3/t9-/m0/s1. The number of hydrogen-bond acceptors (Lipinski definition) is 3. The smallest absolute Gasteiger partial charge is 0.307 e. The predicted molar refractivity (Wildman–Crippen MR) is 57.7 cm³/mol. The number of halogens is 2. The molecule has 0 fully saturated rings. The molecular weight excluding hydrogens is 265 g/mol. The Labute approximate surface area is 95.5 Å². The molecule has 3 nitrogen and oxygen atoms in total. The summed E-state index contributed by atoms with van der Waals surface area (Å²) in [5, 5.41) is 0. The van der Waals surface area contributed by atoms with Crippen LogP contribution in [0.25, 0.3) is 0 Å². The molecule has 82 valence electrons. The lowest BCUT2D eigenvalue weighted by Crippen LogP contribution is -2.17. The van der Waals surface area contributed by atoms with Crippen LogP contribution in [-0.4, -0.2) is 13.1 Å². The van der Waals surface area contributed by atoms with Crippen LogP contribution in [0.5, 0.6) is 0 Å². The minimum atomic E-state index is -0.567. The van der Waals surface area contributed by atoms with Crippen molar-refractivity contribution in [2.24, 2.45) is 5.73 Å². The van der Waals surface area contributed by atoms with E-state index in [4.69, 9.17) is 5.73 Å². The van der Waals surface area contributed by atoms with E-state index in [0.717, 1.165) is 0 Å². The van der Waals surface area contributed by atoms with Crippen molar-refractivity contribution in [3.8, 4) is 0 Å². The third-order valence-electron chi connectivity index (χ3n) is 1.97. The highest BCUT2D eigenvalue weighted by Gasteiger charge is 2.15. The topological polar surface area (TPSA) is 52.3 Å². The fourth-order valence-electron chi connectivity index (χ4n) is 1.17. The number of ether oxygens (including phenoxy) is 1. The number of benzene rings is 1. The molecule has 2 N–H and O–H groups in total. The first-order valence-corrected chi connectivity index (χ1v) is 5.11. The van der Waals surface area contributed by atoms with E-state index in [1.165, 1.54) is 19.2 Å². The SMILES string of the molecule is COC(=O)C[C@H](N)c1cc(F)ccc1Br. The monoisotopic (exact) mass is 275 g/mol. The summed E-state index contributed by atoms with van der Waals surface area (Å²) in [6.45, 7) is 0. The quantitative estimate of drug-likeness (QED) is 0.860. The van der Waals surface area contributed by atoms with Gasteiger partial charge in [0.2, 0.25) is 0 Å². The zero-order valence-corrected chi connectivity index (χ0v) is 9.75. The van der Waals surface area contributed by atoms with Gasteiger partial charge in [0.1, 0.15) is 5.82 Å². The first-order valence-electron chi connectivity index (χ1n) is 4.32. The van der Waals surface area contributed by atoms with Gasteiger partial charge in [-0.05, 0) is 23.8 Å². The molecule has 1 rings (SSSR count). The zero-order chi connectivity index (χ0) is 11.4. The summed E-state index contributed by atoms with van der Waals surface area (Å²) in [4.78, 5) is 11.0. The molecule has 1 atom stereocenters. The molecule has 0 aromatic heterocycles. The van der Waals surface area contributed by atoms with E-state index in [1.54, 1.807) is 6.07 Å². The summed E-state index contributed by atoms with van der Waals surface area (Å²) in [6, 6.07) is 3.61. The molecule has 0 spiro atoms. The van der Waals surface area contributed by atoms with Crippen molar-refractivity contribution in [1.82, 2.24) is 0 Å². The van der Waals surface area contributed by atoms with Crippen LogP contribution in [0.1, 0.15) is 18.0 Å². The van der Waals surface area contributed by atoms with Crippen LogP contribution < -0.4 is 5.73 Å². The summed E-state index contributed by atoms with van der Waals surface area (Å²) < 4.78 is 18.1. The maximum atomic E-state index is 12.9. The number of nitrogens with two attached hydrogens (primary N) is 1. The second kappa shape index (κ2) is 5.23. The van der Waals surface area contributed by atoms with Gasteiger partial charge >= 0.3 is 5.97 Å². The summed E-state index contributed by atoms with van der Waals surface area (Å²) >= 11 is 3.24. The lowest BCUT2D eigenvalue weighted by molar-refractivity contribution is -0.141. The van der Waals surface area contributed by atoms with E-state index >= 15 is 0 Å². The Morgan fingerprint density at radius 2 is 2.33 bits per heavy atom. The molecule has 0 aliphatic rings. The molecule has 0 bridgehead atoms. The van der Waals surface area contributed by atoms with Crippen LogP contribution in [-0.2, 0) is 9.53 Å². The van der Waals surface area contributed by atoms with Gasteiger partial charge in [-0.3, -0.25) is 4.79 Å². The molecule has 0 saturated heterocycles. The maximum Gasteiger partial charge on any atom is 0.307 e. The molecule has 0 aliphatic heterocycles. The van der Waals surface area contributed by atoms with Crippen molar-refractivity contribution in [3.05, 3.63) is 34.1 Å². The molecule has 0 heterocycles. The van der Waals surface area contributed by atoms with Crippen LogP contribution in [0.3, 0.4) is 0 Å². The molecule has 1 aromatic carbocycles. The van der Waals surface area contributed by atoms with E-state index in [2.05, 4.69) is 20.7 Å². The van der Waals surface area contributed by atoms with Crippen molar-refractivity contribution in [2.45, 2.75) is 12.5 Å². The highest BCUT2D eigenvalue weighted by Crippen LogP contribution is 2.25. The van der Waals surface area contributed by atoms with Gasteiger partial charge in [0.25, 0.3) is 0 Å². The van der Waals surface area contributed by atoms with E-state index in [1.807, 2.05) is 0 Å². The summed E-state index contributed by atoms with van der Waals surface area (Å²) in [6.07, 6.45) is 0.0263. The van der Waals surface area contributed by atoms with Crippen LogP contribution >= 0.6 is 15.9 Å². The van der Waals surface area contributed by atoms with Crippen molar-refractivity contribution in [1.29, 1.82) is 0 Å². The molecule has 1 aromatic rings. The van der Waals surface area contributed by atoms with Crippen molar-refractivity contribution in [3.63, 3.8) is 0 Å². The van der Waals surface area contributed by atoms with E-state index < -0.39 is 12.0 Å². The Morgan fingerprint density at radius 3 is 2.93 bits per heavy atom. The number of rotatable bonds is 3. The average molecular weight is 276 g/mol. The number of hydrogen-bond donors (Lipinski definition) is 1. The predicted octanol–water partition coefficient (Wildman–Crippen LogP) is 2.15. The van der Waals surface area contributed by atoms with Crippen LogP contribution in [0, 0.1) is 5.82 Å². The van der Waals surface area contributed by atoms with Crippen molar-refractivity contribution >= 4 is 21.9 Å². The largest absolute Gasteiger partial charge is 0.469 e. The maximum absolute atomic E-state index is 12.9. The summed E-state index contributed by atoms with van der Waals surface area (Å²) in [5.41, 5.74) is 6.30. The van der Waals surface area contributed by atoms with Gasteiger partial charge in [-0.25, -0.2) is 4.39 Å². The molecule has 0 saturated carbocycles. The molecule has 0 aliphatic carbocycles. The van der Waals surface area contributed by atoms with Crippen molar-refractivity contribution < 1.29 is 13.9 Å². The van der Waals surface area contributed by atoms with Crippen molar-refractivity contribution in [2.75, 3.05) is 7.11 Å². The van der Waals surface area contributed by atoms with Gasteiger partial charge in [-0.2, -0.15) is 0 Å². The fraction of sp³-hybridized carbons (Fsp3) is 0.300. The molecule has 15 heavy (non-hydrogen) atoms. The average Bonchev–Trinajstić information content (AvgIpc) is 2.21. The zero-order valence-electron chi connectivity index (χ0n) is 8.17. The van der Waals surface area contributed by atoms with Crippen LogP contribution in [0.15, 0.2) is 22.7 Å². The third-order valence-corrected chi connectivity index (χ3v) is 2.69. The van der Waals surface area contributed by atoms with Gasteiger partial charge in [-0.15, -0.1) is 0 Å². The fourth-order valence-corrected chi connectivity index (χ4v) is 1.71. The van der Waals surface area contributed by atoms with Gasteiger partial charge in [-0.1, -0.05) is 15.9 Å². The Balaban J connectivity index is 2.85. The van der Waals surface area contributed by atoms with E-state index in [0.29, 0.717) is 10.0 Å². The number of esters is 1. The second-order valence-electron chi connectivity index (χ2n) is 3.05. The molecule has 0 amide bonds. The lowest BCUT2D eigenvalue weighted by atomic mass is 10.0. The normalized spacial score (nSPS) is 12.3. The highest BCUT2D eigenvalue weighted by molar-refractivity contribution is 9.10. The number of carbonyl (C=O) groups is 1. The van der Waals surface area contributed by atoms with E-state index in [-0.39, 0.29) is 12.2 Å². The molecule has 0 radical (unpaired) electrons. The first kappa shape index (κ1) is 12.1. The third kappa shape index (κ3) is 3.28. The van der Waals surface area contributed by atoms with E-state index in [9.17, 15) is 9.18 Å². The van der Waals surface area contributed by atoms with Gasteiger partial charge in [0.05, 0.1) is 13.5 Å². The minimum Gasteiger partial charge on any atom is -0.469 e. The summed E-state index contributed by atoms with van der Waals surface area (Å²) in [7, 11) is 1.29. The minimum absolute atomic E-state index is 0.0263. The van der Waals surface area contributed by atoms with Crippen LogP contribution in [0.4, 0.5) is 4.39 Å². The lowest BCUT2D eigenvalue weighted by Gasteiger charge is -2.12. The number of carbonyl (C=O) groups excluding carboxylic acids is 1. The second-order valence-corrected chi connectivity index (χ2v) is 3.91. The Kier molecular flexibility index (Phi) is 4.23. The summed E-state index contributed by atoms with van der Waals surface area (Å²) in [5.74, 6) is -0.799. The van der Waals surface area contributed by atoms with Gasteiger partial charge < -0.3 is 10.5 Å². The Hall–Kier alpha value is -0.940. The number of methoxy groups -OCH3 is 1. The molecule has 5 heteroatoms. The van der Waals surface area contributed by atoms with Gasteiger partial charge in [0, 0.05) is 10.5 Å². The Bertz CT molecular complexity index is 370. The molecule has 0 unspecified atom stereocenters. The van der Waals surface area contributed by atoms with Crippen LogP contribution in [0.2, 0.25) is 0 Å².